The molecule has 3 nitrogen and oxygen atoms in total. The summed E-state index contributed by atoms with van der Waals surface area (Å²) in [6.45, 7) is 18.7. The number of benzene rings is 1. The average molecular weight is 413 g/mol. The fourth-order valence-corrected chi connectivity index (χ4v) is 11.9. The van der Waals surface area contributed by atoms with Crippen molar-refractivity contribution >= 4 is 18.2 Å². The Bertz CT molecular complexity index is 632. The van der Waals surface area contributed by atoms with E-state index in [1.54, 1.807) is 24.3 Å². The molecule has 27 heavy (non-hydrogen) atoms. The highest BCUT2D eigenvalue weighted by Gasteiger charge is 2.45. The van der Waals surface area contributed by atoms with Crippen molar-refractivity contribution < 1.29 is 12.8 Å². The summed E-state index contributed by atoms with van der Waals surface area (Å²) in [5.41, 5.74) is 1.71. The predicted octanol–water partition coefficient (Wildman–Crippen LogP) is 6.31. The summed E-state index contributed by atoms with van der Waals surface area (Å²) in [7, 11) is -5.08. The van der Waals surface area contributed by atoms with Gasteiger partial charge in [-0.1, -0.05) is 73.6 Å². The van der Waals surface area contributed by atoms with E-state index in [4.69, 9.17) is 4.43 Å². The first-order valence-corrected chi connectivity index (χ1v) is 14.1. The quantitative estimate of drug-likeness (QED) is 0.400. The van der Waals surface area contributed by atoms with E-state index in [1.165, 1.54) is 0 Å². The molecule has 0 aromatic heterocycles. The first-order chi connectivity index (χ1) is 12.4. The van der Waals surface area contributed by atoms with Crippen molar-refractivity contribution in [1.29, 1.82) is 0 Å². The molecule has 0 fully saturated rings. The summed E-state index contributed by atoms with van der Waals surface area (Å²) in [6, 6.07) is 8.77. The zero-order chi connectivity index (χ0) is 20.8. The standard InChI is InChI=1S/C22H40O3SSi/c1-17(2)27(18(3)4,19(5)6)25-15-20(7)14-21(8)16-26(23,24)22-12-10-9-11-13-22/h9-13,17-21H,14-16H2,1-8H3/t20-,21+/m1/s1. The molecule has 0 saturated heterocycles. The highest BCUT2D eigenvalue weighted by Crippen LogP contribution is 2.42. The van der Waals surface area contributed by atoms with Crippen molar-refractivity contribution in [3.05, 3.63) is 30.3 Å². The van der Waals surface area contributed by atoms with Crippen LogP contribution in [0, 0.1) is 11.8 Å². The molecule has 0 saturated carbocycles. The van der Waals surface area contributed by atoms with E-state index in [-0.39, 0.29) is 11.7 Å². The third-order valence-corrected chi connectivity index (χ3v) is 13.8. The maximum atomic E-state index is 12.6. The van der Waals surface area contributed by atoms with Gasteiger partial charge in [0.2, 0.25) is 0 Å². The Morgan fingerprint density at radius 1 is 0.815 bits per heavy atom. The van der Waals surface area contributed by atoms with Gasteiger partial charge in [-0.25, -0.2) is 8.42 Å². The zero-order valence-corrected chi connectivity index (χ0v) is 20.3. The van der Waals surface area contributed by atoms with Crippen LogP contribution in [0.15, 0.2) is 35.2 Å². The van der Waals surface area contributed by atoms with Crippen molar-refractivity contribution in [1.82, 2.24) is 0 Å². The van der Waals surface area contributed by atoms with Gasteiger partial charge in [0.15, 0.2) is 18.2 Å². The van der Waals surface area contributed by atoms with Gasteiger partial charge in [-0.3, -0.25) is 0 Å². The third kappa shape index (κ3) is 6.43. The van der Waals surface area contributed by atoms with Gasteiger partial charge in [0.1, 0.15) is 0 Å². The molecule has 0 amide bonds. The van der Waals surface area contributed by atoms with E-state index in [0.717, 1.165) is 13.0 Å². The SMILES string of the molecule is CC(C)[Si](OC[C@H](C)C[C@H](C)CS(=O)(=O)c1ccccc1)(C(C)C)C(C)C. The summed E-state index contributed by atoms with van der Waals surface area (Å²) in [6.07, 6.45) is 0.866. The van der Waals surface area contributed by atoms with Gasteiger partial charge in [0.25, 0.3) is 0 Å². The Hall–Kier alpha value is -0.653. The van der Waals surface area contributed by atoms with Crippen LogP contribution >= 0.6 is 0 Å². The molecule has 0 unspecified atom stereocenters. The lowest BCUT2D eigenvalue weighted by Crippen LogP contribution is -2.48. The second-order valence-electron chi connectivity index (χ2n) is 9.17. The molecule has 0 aliphatic rings. The van der Waals surface area contributed by atoms with Crippen molar-refractivity contribution in [2.24, 2.45) is 11.8 Å². The molecular formula is C22H40O3SSi. The van der Waals surface area contributed by atoms with Crippen LogP contribution in [0.2, 0.25) is 16.6 Å². The van der Waals surface area contributed by atoms with Gasteiger partial charge in [-0.15, -0.1) is 0 Å². The number of hydrogen-bond acceptors (Lipinski definition) is 3. The smallest absolute Gasteiger partial charge is 0.200 e. The zero-order valence-electron chi connectivity index (χ0n) is 18.5. The molecule has 0 aliphatic heterocycles. The second kappa shape index (κ2) is 10.2. The minimum Gasteiger partial charge on any atom is -0.416 e. The Morgan fingerprint density at radius 2 is 1.30 bits per heavy atom. The molecule has 0 bridgehead atoms. The predicted molar refractivity (Wildman–Crippen MR) is 118 cm³/mol. The Morgan fingerprint density at radius 3 is 1.74 bits per heavy atom. The monoisotopic (exact) mass is 412 g/mol. The highest BCUT2D eigenvalue weighted by molar-refractivity contribution is 7.91. The van der Waals surface area contributed by atoms with Crippen molar-refractivity contribution in [2.75, 3.05) is 12.4 Å². The van der Waals surface area contributed by atoms with E-state index in [0.29, 0.717) is 27.4 Å². The lowest BCUT2D eigenvalue weighted by Gasteiger charge is -2.43. The van der Waals surface area contributed by atoms with E-state index >= 15 is 0 Å². The van der Waals surface area contributed by atoms with Crippen LogP contribution in [0.3, 0.4) is 0 Å². The van der Waals surface area contributed by atoms with Crippen LogP contribution in [-0.4, -0.2) is 29.1 Å². The van der Waals surface area contributed by atoms with Crippen molar-refractivity contribution in [2.45, 2.75) is 83.3 Å². The van der Waals surface area contributed by atoms with E-state index in [2.05, 4.69) is 48.5 Å². The van der Waals surface area contributed by atoms with Crippen LogP contribution in [0.4, 0.5) is 0 Å². The van der Waals surface area contributed by atoms with Crippen LogP contribution in [0.5, 0.6) is 0 Å². The van der Waals surface area contributed by atoms with E-state index in [1.807, 2.05) is 13.0 Å². The molecule has 0 radical (unpaired) electrons. The van der Waals surface area contributed by atoms with E-state index < -0.39 is 18.2 Å². The number of hydrogen-bond donors (Lipinski definition) is 0. The molecule has 1 aromatic carbocycles. The molecule has 2 atom stereocenters. The Labute approximate surface area is 169 Å². The van der Waals surface area contributed by atoms with Crippen LogP contribution in [0.25, 0.3) is 0 Å². The summed E-state index contributed by atoms with van der Waals surface area (Å²) in [5.74, 6) is 0.666. The second-order valence-corrected chi connectivity index (χ2v) is 16.7. The van der Waals surface area contributed by atoms with Gasteiger partial charge < -0.3 is 4.43 Å². The third-order valence-electron chi connectivity index (χ3n) is 5.74. The van der Waals surface area contributed by atoms with Crippen molar-refractivity contribution in [3.8, 4) is 0 Å². The molecule has 0 heterocycles. The van der Waals surface area contributed by atoms with Gasteiger partial charge in [0, 0.05) is 6.61 Å². The molecule has 1 rings (SSSR count). The van der Waals surface area contributed by atoms with Gasteiger partial charge in [-0.05, 0) is 47.0 Å². The van der Waals surface area contributed by atoms with Crippen LogP contribution < -0.4 is 0 Å². The summed E-state index contributed by atoms with van der Waals surface area (Å²) in [5, 5.41) is 0. The van der Waals surface area contributed by atoms with E-state index in [9.17, 15) is 8.42 Å². The number of rotatable bonds is 11. The first-order valence-electron chi connectivity index (χ1n) is 10.3. The molecule has 1 aromatic rings. The summed E-state index contributed by atoms with van der Waals surface area (Å²) < 4.78 is 31.9. The molecule has 0 aliphatic carbocycles. The van der Waals surface area contributed by atoms with Gasteiger partial charge in [-0.2, -0.15) is 0 Å². The average Bonchev–Trinajstić information content (AvgIpc) is 2.54. The first kappa shape index (κ1) is 24.4. The van der Waals surface area contributed by atoms with Crippen LogP contribution in [-0.2, 0) is 14.3 Å². The molecular weight excluding hydrogens is 372 g/mol. The highest BCUT2D eigenvalue weighted by atomic mass is 32.2. The normalized spacial score (nSPS) is 15.5. The topological polar surface area (TPSA) is 43.4 Å². The maximum absolute atomic E-state index is 12.6. The largest absolute Gasteiger partial charge is 0.416 e. The molecule has 0 spiro atoms. The Balaban J connectivity index is 2.69. The molecule has 5 heteroatoms. The fraction of sp³-hybridized carbons (Fsp3) is 0.727. The van der Waals surface area contributed by atoms with Gasteiger partial charge in [0.05, 0.1) is 10.6 Å². The number of sulfone groups is 1. The van der Waals surface area contributed by atoms with Crippen molar-refractivity contribution in [3.63, 3.8) is 0 Å². The minimum absolute atomic E-state index is 0.113. The lowest BCUT2D eigenvalue weighted by molar-refractivity contribution is 0.213. The Kier molecular flexibility index (Phi) is 9.23. The van der Waals surface area contributed by atoms with Gasteiger partial charge >= 0.3 is 0 Å². The summed E-state index contributed by atoms with van der Waals surface area (Å²) in [4.78, 5) is 0.423. The molecule has 0 N–H and O–H groups in total. The fourth-order valence-electron chi connectivity index (χ4n) is 4.71. The van der Waals surface area contributed by atoms with Crippen LogP contribution in [0.1, 0.15) is 61.8 Å². The minimum atomic E-state index is -3.22. The summed E-state index contributed by atoms with van der Waals surface area (Å²) >= 11 is 0. The molecule has 156 valence electrons. The maximum Gasteiger partial charge on any atom is 0.200 e. The lowest BCUT2D eigenvalue weighted by atomic mass is 10.00.